The first-order valence-electron chi connectivity index (χ1n) is 8.38. The third-order valence-corrected chi connectivity index (χ3v) is 6.90. The van der Waals surface area contributed by atoms with Crippen molar-refractivity contribution in [1.29, 1.82) is 0 Å². The van der Waals surface area contributed by atoms with Gasteiger partial charge in [-0.1, -0.05) is 23.7 Å². The molecule has 26 heavy (non-hydrogen) atoms. The minimum Gasteiger partial charge on any atom is -0.337 e. The number of thiophene rings is 1. The van der Waals surface area contributed by atoms with E-state index in [2.05, 4.69) is 4.90 Å². The van der Waals surface area contributed by atoms with Gasteiger partial charge in [0, 0.05) is 39.0 Å². The molecule has 0 spiro atoms. The Morgan fingerprint density at radius 2 is 1.85 bits per heavy atom. The lowest BCUT2D eigenvalue weighted by atomic mass is 10.2. The van der Waals surface area contributed by atoms with Crippen LogP contribution in [0.1, 0.15) is 21.7 Å². The maximum Gasteiger partial charge on any atom is 0.265 e. The normalized spacial score (nSPS) is 16.5. The molecule has 0 saturated carbocycles. The van der Waals surface area contributed by atoms with Gasteiger partial charge in [0.25, 0.3) is 5.91 Å². The maximum absolute atomic E-state index is 12.6. The molecule has 0 N–H and O–H groups in total. The minimum atomic E-state index is -3.17. The number of rotatable bonds is 4. The second-order valence-corrected chi connectivity index (χ2v) is 9.77. The van der Waals surface area contributed by atoms with E-state index >= 15 is 0 Å². The van der Waals surface area contributed by atoms with Crippen LogP contribution in [0.25, 0.3) is 0 Å². The predicted molar refractivity (Wildman–Crippen MR) is 105 cm³/mol. The molecule has 3 rings (SSSR count). The van der Waals surface area contributed by atoms with E-state index in [9.17, 15) is 13.2 Å². The van der Waals surface area contributed by atoms with E-state index < -0.39 is 9.84 Å². The Hall–Kier alpha value is -1.41. The Morgan fingerprint density at radius 1 is 1.12 bits per heavy atom. The zero-order valence-corrected chi connectivity index (χ0v) is 16.9. The summed E-state index contributed by atoms with van der Waals surface area (Å²) in [6.45, 7) is 3.80. The van der Waals surface area contributed by atoms with Crippen molar-refractivity contribution >= 4 is 38.7 Å². The fourth-order valence-corrected chi connectivity index (χ4v) is 4.76. The van der Waals surface area contributed by atoms with Crippen LogP contribution >= 0.6 is 22.9 Å². The summed E-state index contributed by atoms with van der Waals surface area (Å²) >= 11 is 7.46. The highest BCUT2D eigenvalue weighted by Gasteiger charge is 2.22. The molecular weight excluding hydrogens is 392 g/mol. The molecule has 1 saturated heterocycles. The third kappa shape index (κ3) is 4.65. The molecule has 8 heteroatoms. The topological polar surface area (TPSA) is 57.7 Å². The summed E-state index contributed by atoms with van der Waals surface area (Å²) in [6, 6.07) is 8.77. The second kappa shape index (κ2) is 8.08. The van der Waals surface area contributed by atoms with Crippen molar-refractivity contribution in [2.75, 3.05) is 32.4 Å². The zero-order chi connectivity index (χ0) is 18.7. The molecule has 1 aromatic carbocycles. The number of nitrogens with zero attached hydrogens (tertiary/aromatic N) is 2. The van der Waals surface area contributed by atoms with E-state index in [-0.39, 0.29) is 5.91 Å². The number of carbonyl (C=O) groups excluding carboxylic acids is 1. The molecule has 0 unspecified atom stereocenters. The minimum absolute atomic E-state index is 0.00403. The molecule has 0 bridgehead atoms. The highest BCUT2D eigenvalue weighted by molar-refractivity contribution is 7.90. The largest absolute Gasteiger partial charge is 0.337 e. The van der Waals surface area contributed by atoms with E-state index in [4.69, 9.17) is 11.6 Å². The first-order valence-corrected chi connectivity index (χ1v) is 11.5. The van der Waals surface area contributed by atoms with Crippen molar-refractivity contribution < 1.29 is 13.2 Å². The Balaban J connectivity index is 1.60. The van der Waals surface area contributed by atoms with E-state index in [1.807, 2.05) is 22.4 Å². The van der Waals surface area contributed by atoms with Gasteiger partial charge in [0.15, 0.2) is 9.84 Å². The van der Waals surface area contributed by atoms with Gasteiger partial charge in [-0.05, 0) is 35.6 Å². The fraction of sp³-hybridized carbons (Fsp3) is 0.389. The van der Waals surface area contributed by atoms with Crippen LogP contribution in [-0.4, -0.2) is 56.6 Å². The Bertz CT molecular complexity index is 878. The molecule has 0 radical (unpaired) electrons. The van der Waals surface area contributed by atoms with Gasteiger partial charge in [0.05, 0.1) is 9.92 Å². The van der Waals surface area contributed by atoms with Crippen molar-refractivity contribution in [1.82, 2.24) is 9.80 Å². The Kier molecular flexibility index (Phi) is 6.02. The Morgan fingerprint density at radius 3 is 2.46 bits per heavy atom. The lowest BCUT2D eigenvalue weighted by Gasteiger charge is -2.22. The van der Waals surface area contributed by atoms with Crippen LogP contribution in [0.2, 0.25) is 5.02 Å². The number of benzene rings is 1. The van der Waals surface area contributed by atoms with Gasteiger partial charge in [0.1, 0.15) is 4.88 Å². The summed E-state index contributed by atoms with van der Waals surface area (Å²) in [7, 11) is -3.17. The van der Waals surface area contributed by atoms with Gasteiger partial charge in [0.2, 0.25) is 0 Å². The lowest BCUT2D eigenvalue weighted by Crippen LogP contribution is -2.34. The molecule has 1 amide bonds. The number of sulfone groups is 1. The maximum atomic E-state index is 12.6. The summed E-state index contributed by atoms with van der Waals surface area (Å²) in [5.41, 5.74) is 1.07. The van der Waals surface area contributed by atoms with Crippen LogP contribution in [0, 0.1) is 0 Å². The summed E-state index contributed by atoms with van der Waals surface area (Å²) in [5.74, 6) is 0.00403. The molecule has 1 aromatic heterocycles. The van der Waals surface area contributed by atoms with Crippen molar-refractivity contribution in [2.24, 2.45) is 0 Å². The fourth-order valence-electron chi connectivity index (χ4n) is 3.02. The average Bonchev–Trinajstić information content (AvgIpc) is 2.88. The van der Waals surface area contributed by atoms with Gasteiger partial charge in [-0.2, -0.15) is 0 Å². The smallest absolute Gasteiger partial charge is 0.265 e. The molecular formula is C18H21ClN2O3S2. The zero-order valence-electron chi connectivity index (χ0n) is 14.5. The molecule has 1 aliphatic rings. The number of amides is 1. The van der Waals surface area contributed by atoms with Crippen LogP contribution in [0.3, 0.4) is 0 Å². The molecule has 0 atom stereocenters. The first kappa shape index (κ1) is 19.4. The molecule has 2 heterocycles. The van der Waals surface area contributed by atoms with Gasteiger partial charge < -0.3 is 4.90 Å². The first-order chi connectivity index (χ1) is 12.3. The standard InChI is InChI=1S/C18H21ClN2O3S2/c1-26(23,24)15-5-3-14(4-6-15)13-20-8-2-9-21(11-10-20)18(22)17-16(19)7-12-25-17/h3-7,12H,2,8-11,13H2,1H3. The van der Waals surface area contributed by atoms with Gasteiger partial charge >= 0.3 is 0 Å². The van der Waals surface area contributed by atoms with Gasteiger partial charge in [-0.25, -0.2) is 8.42 Å². The molecule has 0 aliphatic carbocycles. The molecule has 1 aliphatic heterocycles. The van der Waals surface area contributed by atoms with E-state index in [0.717, 1.165) is 38.2 Å². The molecule has 140 valence electrons. The van der Waals surface area contributed by atoms with Crippen molar-refractivity contribution in [3.05, 3.63) is 51.2 Å². The van der Waals surface area contributed by atoms with E-state index in [1.54, 1.807) is 18.2 Å². The predicted octanol–water partition coefficient (Wildman–Crippen LogP) is 3.15. The quantitative estimate of drug-likeness (QED) is 0.774. The number of halogens is 1. The monoisotopic (exact) mass is 412 g/mol. The van der Waals surface area contributed by atoms with Crippen molar-refractivity contribution in [3.63, 3.8) is 0 Å². The second-order valence-electron chi connectivity index (χ2n) is 6.44. The van der Waals surface area contributed by atoms with Crippen molar-refractivity contribution in [3.8, 4) is 0 Å². The molecule has 1 fully saturated rings. The summed E-state index contributed by atoms with van der Waals surface area (Å²) < 4.78 is 23.1. The van der Waals surface area contributed by atoms with Crippen LogP contribution in [0.5, 0.6) is 0 Å². The highest BCUT2D eigenvalue weighted by atomic mass is 35.5. The molecule has 2 aromatic rings. The SMILES string of the molecule is CS(=O)(=O)c1ccc(CN2CCCN(C(=O)c3sccc3Cl)CC2)cc1. The van der Waals surface area contributed by atoms with Gasteiger partial charge in [-0.15, -0.1) is 11.3 Å². The van der Waals surface area contributed by atoms with Gasteiger partial charge in [-0.3, -0.25) is 9.69 Å². The lowest BCUT2D eigenvalue weighted by molar-refractivity contribution is 0.0766. The highest BCUT2D eigenvalue weighted by Crippen LogP contribution is 2.24. The number of carbonyl (C=O) groups is 1. The summed E-state index contributed by atoms with van der Waals surface area (Å²) in [6.07, 6.45) is 2.11. The molecule has 5 nitrogen and oxygen atoms in total. The van der Waals surface area contributed by atoms with E-state index in [0.29, 0.717) is 21.3 Å². The van der Waals surface area contributed by atoms with Crippen molar-refractivity contribution in [2.45, 2.75) is 17.9 Å². The van der Waals surface area contributed by atoms with E-state index in [1.165, 1.54) is 17.6 Å². The van der Waals surface area contributed by atoms with Crippen LogP contribution in [-0.2, 0) is 16.4 Å². The number of hydrogen-bond acceptors (Lipinski definition) is 5. The Labute approximate surface area is 163 Å². The third-order valence-electron chi connectivity index (χ3n) is 4.44. The summed E-state index contributed by atoms with van der Waals surface area (Å²) in [4.78, 5) is 17.7. The average molecular weight is 413 g/mol. The number of hydrogen-bond donors (Lipinski definition) is 0. The van der Waals surface area contributed by atoms with Crippen LogP contribution in [0.4, 0.5) is 0 Å². The summed E-state index contributed by atoms with van der Waals surface area (Å²) in [5, 5.41) is 2.35. The van der Waals surface area contributed by atoms with Crippen LogP contribution < -0.4 is 0 Å². The van der Waals surface area contributed by atoms with Crippen LogP contribution in [0.15, 0.2) is 40.6 Å².